The lowest BCUT2D eigenvalue weighted by molar-refractivity contribution is 1.07. The number of benzene rings is 1. The Morgan fingerprint density at radius 1 is 1.18 bits per heavy atom. The Bertz CT molecular complexity index is 602. The zero-order valence-electron chi connectivity index (χ0n) is 10.2. The van der Waals surface area contributed by atoms with Gasteiger partial charge in [-0.25, -0.2) is 4.98 Å². The fourth-order valence-corrected chi connectivity index (χ4v) is 1.64. The first-order chi connectivity index (χ1) is 8.04. The monoisotopic (exact) mass is 229 g/mol. The number of aryl methyl sites for hydroxylation is 3. The van der Waals surface area contributed by atoms with Crippen molar-refractivity contribution in [2.75, 3.05) is 5.32 Å². The summed E-state index contributed by atoms with van der Waals surface area (Å²) in [6.45, 7) is 5.83. The van der Waals surface area contributed by atoms with Crippen LogP contribution < -0.4 is 10.9 Å². The Kier molecular flexibility index (Phi) is 2.95. The summed E-state index contributed by atoms with van der Waals surface area (Å²) >= 11 is 0. The van der Waals surface area contributed by atoms with Crippen molar-refractivity contribution in [1.82, 2.24) is 9.97 Å². The summed E-state index contributed by atoms with van der Waals surface area (Å²) in [5, 5.41) is 3.13. The summed E-state index contributed by atoms with van der Waals surface area (Å²) in [6, 6.07) is 7.57. The molecular formula is C13H15N3O. The number of nitrogens with one attached hydrogen (secondary N) is 2. The molecule has 4 nitrogen and oxygen atoms in total. The minimum absolute atomic E-state index is 0.148. The van der Waals surface area contributed by atoms with Gasteiger partial charge in [0, 0.05) is 17.4 Å². The number of hydrogen-bond acceptors (Lipinski definition) is 3. The molecule has 0 aliphatic carbocycles. The van der Waals surface area contributed by atoms with Gasteiger partial charge in [-0.05, 0) is 38.0 Å². The van der Waals surface area contributed by atoms with Crippen LogP contribution in [0.25, 0.3) is 0 Å². The molecule has 0 aliphatic rings. The van der Waals surface area contributed by atoms with E-state index in [1.54, 1.807) is 6.92 Å². The molecule has 2 aromatic rings. The summed E-state index contributed by atoms with van der Waals surface area (Å²) in [6.07, 6.45) is 0. The second-order valence-corrected chi connectivity index (χ2v) is 4.18. The number of anilines is 2. The Hall–Kier alpha value is -2.10. The van der Waals surface area contributed by atoms with Crippen molar-refractivity contribution in [3.63, 3.8) is 0 Å². The first-order valence-electron chi connectivity index (χ1n) is 5.47. The standard InChI is InChI=1S/C13H15N3O/c1-8-4-5-9(2)11(6-8)15-13-14-10(3)7-12(17)16-13/h4-7H,1-3H3,(H2,14,15,16,17). The van der Waals surface area contributed by atoms with E-state index in [9.17, 15) is 4.79 Å². The van der Waals surface area contributed by atoms with Gasteiger partial charge in [0.2, 0.25) is 5.95 Å². The van der Waals surface area contributed by atoms with Crippen molar-refractivity contribution in [2.45, 2.75) is 20.8 Å². The Labute approximate surface area is 99.7 Å². The maximum absolute atomic E-state index is 11.3. The molecule has 0 unspecified atom stereocenters. The number of rotatable bonds is 2. The van der Waals surface area contributed by atoms with E-state index in [0.717, 1.165) is 16.8 Å². The van der Waals surface area contributed by atoms with Crippen LogP contribution in [0.15, 0.2) is 29.1 Å². The van der Waals surface area contributed by atoms with Gasteiger partial charge in [-0.1, -0.05) is 12.1 Å². The van der Waals surface area contributed by atoms with Crippen LogP contribution in [0.3, 0.4) is 0 Å². The number of aromatic amines is 1. The molecule has 17 heavy (non-hydrogen) atoms. The number of H-pyrrole nitrogens is 1. The third kappa shape index (κ3) is 2.72. The molecule has 0 saturated heterocycles. The van der Waals surface area contributed by atoms with Crippen LogP contribution in [0.4, 0.5) is 11.6 Å². The van der Waals surface area contributed by atoms with Crippen LogP contribution in [0.2, 0.25) is 0 Å². The lowest BCUT2D eigenvalue weighted by atomic mass is 10.1. The van der Waals surface area contributed by atoms with Crippen LogP contribution >= 0.6 is 0 Å². The van der Waals surface area contributed by atoms with Crippen LogP contribution in [-0.2, 0) is 0 Å². The third-order valence-electron chi connectivity index (χ3n) is 2.52. The van der Waals surface area contributed by atoms with Gasteiger partial charge < -0.3 is 5.32 Å². The summed E-state index contributed by atoms with van der Waals surface area (Å²) in [7, 11) is 0. The summed E-state index contributed by atoms with van der Waals surface area (Å²) in [5.41, 5.74) is 3.78. The smallest absolute Gasteiger partial charge is 0.252 e. The van der Waals surface area contributed by atoms with E-state index in [1.165, 1.54) is 6.07 Å². The van der Waals surface area contributed by atoms with Crippen molar-refractivity contribution < 1.29 is 0 Å². The van der Waals surface area contributed by atoms with E-state index in [1.807, 2.05) is 32.0 Å². The van der Waals surface area contributed by atoms with E-state index >= 15 is 0 Å². The molecule has 0 radical (unpaired) electrons. The topological polar surface area (TPSA) is 57.8 Å². The van der Waals surface area contributed by atoms with Crippen molar-refractivity contribution >= 4 is 11.6 Å². The van der Waals surface area contributed by atoms with Crippen LogP contribution in [0, 0.1) is 20.8 Å². The molecule has 1 heterocycles. The number of nitrogens with zero attached hydrogens (tertiary/aromatic N) is 1. The highest BCUT2D eigenvalue weighted by Gasteiger charge is 2.02. The summed E-state index contributed by atoms with van der Waals surface area (Å²) in [4.78, 5) is 18.2. The van der Waals surface area contributed by atoms with Crippen molar-refractivity contribution in [1.29, 1.82) is 0 Å². The SMILES string of the molecule is Cc1ccc(C)c(Nc2nc(C)cc(=O)[nH]2)c1. The fraction of sp³-hybridized carbons (Fsp3) is 0.231. The average Bonchev–Trinajstić information content (AvgIpc) is 2.22. The molecular weight excluding hydrogens is 214 g/mol. The maximum atomic E-state index is 11.3. The van der Waals surface area contributed by atoms with Crippen molar-refractivity contribution in [2.24, 2.45) is 0 Å². The van der Waals surface area contributed by atoms with E-state index in [4.69, 9.17) is 0 Å². The van der Waals surface area contributed by atoms with E-state index in [-0.39, 0.29) is 5.56 Å². The van der Waals surface area contributed by atoms with E-state index in [0.29, 0.717) is 11.6 Å². The quantitative estimate of drug-likeness (QED) is 0.831. The average molecular weight is 229 g/mol. The molecule has 1 aromatic carbocycles. The number of hydrogen-bond donors (Lipinski definition) is 2. The lowest BCUT2D eigenvalue weighted by Gasteiger charge is -2.09. The normalized spacial score (nSPS) is 10.3. The fourth-order valence-electron chi connectivity index (χ4n) is 1.64. The van der Waals surface area contributed by atoms with Crippen LogP contribution in [0.5, 0.6) is 0 Å². The first-order valence-corrected chi connectivity index (χ1v) is 5.47. The van der Waals surface area contributed by atoms with Crippen molar-refractivity contribution in [3.8, 4) is 0 Å². The maximum Gasteiger partial charge on any atom is 0.252 e. The second kappa shape index (κ2) is 4.41. The molecule has 0 fully saturated rings. The highest BCUT2D eigenvalue weighted by molar-refractivity contribution is 5.59. The molecule has 2 rings (SSSR count). The Morgan fingerprint density at radius 3 is 2.65 bits per heavy atom. The largest absolute Gasteiger partial charge is 0.325 e. The van der Waals surface area contributed by atoms with Gasteiger partial charge >= 0.3 is 0 Å². The van der Waals surface area contributed by atoms with Gasteiger partial charge in [0.25, 0.3) is 5.56 Å². The molecule has 0 spiro atoms. The first kappa shape index (κ1) is 11.4. The van der Waals surface area contributed by atoms with Crippen LogP contribution in [0.1, 0.15) is 16.8 Å². The van der Waals surface area contributed by atoms with E-state index < -0.39 is 0 Å². The molecule has 0 atom stereocenters. The zero-order valence-corrected chi connectivity index (χ0v) is 10.2. The predicted molar refractivity (Wildman–Crippen MR) is 68.8 cm³/mol. The molecule has 1 aromatic heterocycles. The third-order valence-corrected chi connectivity index (χ3v) is 2.52. The van der Waals surface area contributed by atoms with E-state index in [2.05, 4.69) is 15.3 Å². The second-order valence-electron chi connectivity index (χ2n) is 4.18. The number of aromatic nitrogens is 2. The molecule has 2 N–H and O–H groups in total. The highest BCUT2D eigenvalue weighted by atomic mass is 16.1. The van der Waals surface area contributed by atoms with Gasteiger partial charge in [0.15, 0.2) is 0 Å². The highest BCUT2D eigenvalue weighted by Crippen LogP contribution is 2.19. The van der Waals surface area contributed by atoms with Gasteiger partial charge in [-0.15, -0.1) is 0 Å². The van der Waals surface area contributed by atoms with Crippen molar-refractivity contribution in [3.05, 3.63) is 51.4 Å². The predicted octanol–water partition coefficient (Wildman–Crippen LogP) is 2.44. The Morgan fingerprint density at radius 2 is 1.94 bits per heavy atom. The minimum Gasteiger partial charge on any atom is -0.325 e. The molecule has 0 saturated carbocycles. The molecule has 4 heteroatoms. The minimum atomic E-state index is -0.148. The summed E-state index contributed by atoms with van der Waals surface area (Å²) in [5.74, 6) is 0.476. The van der Waals surface area contributed by atoms with Gasteiger partial charge in [-0.3, -0.25) is 9.78 Å². The lowest BCUT2D eigenvalue weighted by Crippen LogP contribution is -2.10. The molecule has 0 bridgehead atoms. The summed E-state index contributed by atoms with van der Waals surface area (Å²) < 4.78 is 0. The van der Waals surface area contributed by atoms with Gasteiger partial charge in [0.05, 0.1) is 0 Å². The van der Waals surface area contributed by atoms with Crippen LogP contribution in [-0.4, -0.2) is 9.97 Å². The van der Waals surface area contributed by atoms with Gasteiger partial charge in [-0.2, -0.15) is 0 Å². The van der Waals surface area contributed by atoms with Gasteiger partial charge in [0.1, 0.15) is 0 Å². The molecule has 88 valence electrons. The molecule has 0 aliphatic heterocycles. The Balaban J connectivity index is 2.37. The molecule has 0 amide bonds. The zero-order chi connectivity index (χ0) is 12.4.